The summed E-state index contributed by atoms with van der Waals surface area (Å²) in [6.07, 6.45) is 0.908. The molecule has 0 aromatic heterocycles. The number of aliphatic hydroxyl groups is 1. The van der Waals surface area contributed by atoms with Crippen LogP contribution in [0.1, 0.15) is 23.2 Å². The Bertz CT molecular complexity index is 452. The summed E-state index contributed by atoms with van der Waals surface area (Å²) in [5.74, 6) is -7.22. The van der Waals surface area contributed by atoms with E-state index in [9.17, 15) is 18.0 Å². The molecule has 0 saturated carbocycles. The largest absolute Gasteiger partial charge is 0.503 e. The number of aromatic hydroxyl groups is 1. The quantitative estimate of drug-likeness (QED) is 0.554. The minimum atomic E-state index is -1.73. The minimum Gasteiger partial charge on any atom is -0.503 e. The van der Waals surface area contributed by atoms with E-state index in [2.05, 4.69) is 5.32 Å². The Morgan fingerprint density at radius 3 is 2.50 bits per heavy atom. The normalized spacial score (nSPS) is 10.4. The van der Waals surface area contributed by atoms with E-state index in [4.69, 9.17) is 10.2 Å². The van der Waals surface area contributed by atoms with Crippen LogP contribution in [0.3, 0.4) is 0 Å². The highest BCUT2D eigenvalue weighted by Gasteiger charge is 2.22. The van der Waals surface area contributed by atoms with Crippen molar-refractivity contribution in [3.63, 3.8) is 0 Å². The highest BCUT2D eigenvalue weighted by molar-refractivity contribution is 5.94. The van der Waals surface area contributed by atoms with Crippen molar-refractivity contribution < 1.29 is 28.2 Å². The third-order valence-corrected chi connectivity index (χ3v) is 2.25. The van der Waals surface area contributed by atoms with Crippen LogP contribution < -0.4 is 5.32 Å². The fourth-order valence-electron chi connectivity index (χ4n) is 1.29. The third kappa shape index (κ3) is 3.13. The maximum absolute atomic E-state index is 13.3. The summed E-state index contributed by atoms with van der Waals surface area (Å²) in [6.45, 7) is 0.106. The molecule has 100 valence electrons. The molecule has 1 aromatic carbocycles. The molecule has 0 aliphatic heterocycles. The molecule has 1 amide bonds. The van der Waals surface area contributed by atoms with Crippen LogP contribution in [0.25, 0.3) is 0 Å². The number of aliphatic hydroxyl groups excluding tert-OH is 1. The number of hydrogen-bond acceptors (Lipinski definition) is 3. The molecule has 0 aliphatic rings. The number of rotatable bonds is 5. The van der Waals surface area contributed by atoms with E-state index in [0.29, 0.717) is 18.9 Å². The summed E-state index contributed by atoms with van der Waals surface area (Å²) in [7, 11) is 0. The second-order valence-corrected chi connectivity index (χ2v) is 3.57. The second-order valence-electron chi connectivity index (χ2n) is 3.57. The SMILES string of the molecule is O=C(NCCCCO)c1cc(F)c(F)c(O)c1F. The predicted molar refractivity (Wildman–Crippen MR) is 56.6 cm³/mol. The van der Waals surface area contributed by atoms with Crippen LogP contribution in [-0.4, -0.2) is 29.3 Å². The van der Waals surface area contributed by atoms with Crippen molar-refractivity contribution >= 4 is 5.91 Å². The molecular weight excluding hydrogens is 251 g/mol. The van der Waals surface area contributed by atoms with Crippen LogP contribution >= 0.6 is 0 Å². The van der Waals surface area contributed by atoms with Gasteiger partial charge in [-0.25, -0.2) is 8.78 Å². The number of hydrogen-bond donors (Lipinski definition) is 3. The van der Waals surface area contributed by atoms with E-state index in [1.807, 2.05) is 0 Å². The third-order valence-electron chi connectivity index (χ3n) is 2.25. The Kier molecular flexibility index (Phi) is 4.96. The predicted octanol–water partition coefficient (Wildman–Crippen LogP) is 1.31. The number of unbranched alkanes of at least 4 members (excludes halogenated alkanes) is 1. The van der Waals surface area contributed by atoms with Crippen LogP contribution in [-0.2, 0) is 0 Å². The Balaban J connectivity index is 2.80. The molecule has 1 aromatic rings. The molecule has 0 fully saturated rings. The Hall–Kier alpha value is -1.76. The lowest BCUT2D eigenvalue weighted by Crippen LogP contribution is -2.26. The van der Waals surface area contributed by atoms with Crippen molar-refractivity contribution in [1.29, 1.82) is 0 Å². The first-order chi connectivity index (χ1) is 8.49. The molecule has 0 unspecified atom stereocenters. The van der Waals surface area contributed by atoms with Crippen LogP contribution in [0, 0.1) is 17.5 Å². The van der Waals surface area contributed by atoms with Gasteiger partial charge >= 0.3 is 0 Å². The van der Waals surface area contributed by atoms with E-state index >= 15 is 0 Å². The van der Waals surface area contributed by atoms with Gasteiger partial charge in [0.05, 0.1) is 5.56 Å². The number of benzene rings is 1. The zero-order chi connectivity index (χ0) is 13.7. The van der Waals surface area contributed by atoms with Gasteiger partial charge in [-0.3, -0.25) is 4.79 Å². The van der Waals surface area contributed by atoms with Crippen molar-refractivity contribution in [2.45, 2.75) is 12.8 Å². The average Bonchev–Trinajstić information content (AvgIpc) is 2.36. The van der Waals surface area contributed by atoms with Crippen LogP contribution in [0.2, 0.25) is 0 Å². The monoisotopic (exact) mass is 263 g/mol. The molecule has 7 heteroatoms. The Morgan fingerprint density at radius 2 is 1.89 bits per heavy atom. The van der Waals surface area contributed by atoms with Crippen LogP contribution in [0.4, 0.5) is 13.2 Å². The zero-order valence-corrected chi connectivity index (χ0v) is 9.34. The summed E-state index contributed by atoms with van der Waals surface area (Å²) in [4.78, 5) is 11.4. The van der Waals surface area contributed by atoms with E-state index in [0.717, 1.165) is 0 Å². The fourth-order valence-corrected chi connectivity index (χ4v) is 1.29. The molecule has 0 heterocycles. The topological polar surface area (TPSA) is 69.6 Å². The van der Waals surface area contributed by atoms with Crippen molar-refractivity contribution in [2.75, 3.05) is 13.2 Å². The maximum Gasteiger partial charge on any atom is 0.254 e. The summed E-state index contributed by atoms with van der Waals surface area (Å²) < 4.78 is 39.0. The minimum absolute atomic E-state index is 0.0454. The number of phenols is 1. The first-order valence-electron chi connectivity index (χ1n) is 5.24. The van der Waals surface area contributed by atoms with E-state index in [1.54, 1.807) is 0 Å². The van der Waals surface area contributed by atoms with Crippen LogP contribution in [0.5, 0.6) is 5.75 Å². The number of amides is 1. The lowest BCUT2D eigenvalue weighted by atomic mass is 10.1. The molecule has 3 N–H and O–H groups in total. The van der Waals surface area contributed by atoms with E-state index in [1.165, 1.54) is 0 Å². The molecule has 0 spiro atoms. The lowest BCUT2D eigenvalue weighted by Gasteiger charge is -2.07. The molecule has 0 radical (unpaired) electrons. The van der Waals surface area contributed by atoms with Gasteiger partial charge in [0.2, 0.25) is 5.82 Å². The van der Waals surface area contributed by atoms with Gasteiger partial charge in [0.25, 0.3) is 5.91 Å². The molecule has 0 saturated heterocycles. The van der Waals surface area contributed by atoms with Gasteiger partial charge < -0.3 is 15.5 Å². The first kappa shape index (κ1) is 14.3. The number of carbonyl (C=O) groups excluding carboxylic acids is 1. The Morgan fingerprint density at radius 1 is 1.22 bits per heavy atom. The van der Waals surface area contributed by atoms with Gasteiger partial charge in [0.1, 0.15) is 0 Å². The molecule has 1 rings (SSSR count). The zero-order valence-electron chi connectivity index (χ0n) is 9.34. The molecule has 0 atom stereocenters. The summed E-state index contributed by atoms with van der Waals surface area (Å²) in [5.41, 5.74) is -0.768. The number of carbonyl (C=O) groups is 1. The molecule has 0 aliphatic carbocycles. The van der Waals surface area contributed by atoms with Crippen LogP contribution in [0.15, 0.2) is 6.07 Å². The van der Waals surface area contributed by atoms with Crippen molar-refractivity contribution in [3.05, 3.63) is 29.1 Å². The standard InChI is InChI=1S/C11H12F3NO3/c12-7-5-6(8(13)10(17)9(7)14)11(18)15-3-1-2-4-16/h5,16-17H,1-4H2,(H,15,18). The van der Waals surface area contributed by atoms with Gasteiger partial charge in [0.15, 0.2) is 17.4 Å². The van der Waals surface area contributed by atoms with Gasteiger partial charge in [-0.15, -0.1) is 0 Å². The highest BCUT2D eigenvalue weighted by atomic mass is 19.2. The highest BCUT2D eigenvalue weighted by Crippen LogP contribution is 2.25. The fraction of sp³-hybridized carbons (Fsp3) is 0.364. The summed E-state index contributed by atoms with van der Waals surface area (Å²) >= 11 is 0. The van der Waals surface area contributed by atoms with E-state index < -0.39 is 34.7 Å². The van der Waals surface area contributed by atoms with Crippen molar-refractivity contribution in [2.24, 2.45) is 0 Å². The van der Waals surface area contributed by atoms with Crippen molar-refractivity contribution in [1.82, 2.24) is 5.32 Å². The smallest absolute Gasteiger partial charge is 0.254 e. The first-order valence-corrected chi connectivity index (χ1v) is 5.24. The van der Waals surface area contributed by atoms with Gasteiger partial charge in [0, 0.05) is 13.2 Å². The van der Waals surface area contributed by atoms with Gasteiger partial charge in [-0.05, 0) is 18.9 Å². The Labute approximate surface area is 101 Å². The molecule has 4 nitrogen and oxygen atoms in total. The van der Waals surface area contributed by atoms with Gasteiger partial charge in [-0.1, -0.05) is 0 Å². The number of halogens is 3. The maximum atomic E-state index is 13.3. The summed E-state index contributed by atoms with van der Waals surface area (Å²) in [6, 6.07) is 0.381. The molecule has 18 heavy (non-hydrogen) atoms. The van der Waals surface area contributed by atoms with Crippen molar-refractivity contribution in [3.8, 4) is 5.75 Å². The molecule has 0 bridgehead atoms. The summed E-state index contributed by atoms with van der Waals surface area (Å²) in [5, 5.41) is 19.7. The average molecular weight is 263 g/mol. The lowest BCUT2D eigenvalue weighted by molar-refractivity contribution is 0.0946. The second kappa shape index (κ2) is 6.25. The van der Waals surface area contributed by atoms with E-state index in [-0.39, 0.29) is 13.2 Å². The molecular formula is C11H12F3NO3. The number of nitrogens with one attached hydrogen (secondary N) is 1. The number of phenolic OH excluding ortho intramolecular Hbond substituents is 1. The van der Waals surface area contributed by atoms with Gasteiger partial charge in [-0.2, -0.15) is 4.39 Å².